The number of hydrogen-bond acceptors (Lipinski definition) is 4. The van der Waals surface area contributed by atoms with Crippen LogP contribution >= 0.6 is 22.7 Å². The van der Waals surface area contributed by atoms with E-state index in [2.05, 4.69) is 9.97 Å². The highest BCUT2D eigenvalue weighted by molar-refractivity contribution is 7.15. The summed E-state index contributed by atoms with van der Waals surface area (Å²) in [5, 5.41) is 7.01. The highest BCUT2D eigenvalue weighted by Gasteiger charge is 2.81. The summed E-state index contributed by atoms with van der Waals surface area (Å²) in [7, 11) is 0. The number of aromatic nitrogens is 2. The Labute approximate surface area is 295 Å². The lowest BCUT2D eigenvalue weighted by Crippen LogP contribution is -2.49. The average Bonchev–Trinajstić information content (AvgIpc) is 3.71. The van der Waals surface area contributed by atoms with Gasteiger partial charge in [-0.3, -0.25) is 0 Å². The summed E-state index contributed by atoms with van der Waals surface area (Å²) in [5.74, 6) is -16.3. The number of fused-ring (bicyclic) bond motifs is 4. The summed E-state index contributed by atoms with van der Waals surface area (Å²) in [6.45, 7) is 2.89. The molecule has 8 aromatic rings. The van der Waals surface area contributed by atoms with Gasteiger partial charge in [0, 0.05) is 20.9 Å². The number of rotatable bonds is 4. The van der Waals surface area contributed by atoms with Crippen LogP contribution in [0.4, 0.5) is 26.3 Å². The molecule has 0 spiro atoms. The van der Waals surface area contributed by atoms with Crippen molar-refractivity contribution in [3.05, 3.63) is 130 Å². The first-order valence-electron chi connectivity index (χ1n) is 16.1. The van der Waals surface area contributed by atoms with Gasteiger partial charge in [0.1, 0.15) is 10.0 Å². The lowest BCUT2D eigenvalue weighted by molar-refractivity contribution is -0.254. The molecule has 0 saturated heterocycles. The van der Waals surface area contributed by atoms with Crippen molar-refractivity contribution < 1.29 is 26.3 Å². The van der Waals surface area contributed by atoms with Crippen LogP contribution in [0.15, 0.2) is 109 Å². The van der Waals surface area contributed by atoms with E-state index in [0.717, 1.165) is 65.8 Å². The molecule has 51 heavy (non-hydrogen) atoms. The minimum Gasteiger partial charge on any atom is -0.236 e. The van der Waals surface area contributed by atoms with Crippen LogP contribution in [0.2, 0.25) is 0 Å². The summed E-state index contributed by atoms with van der Waals surface area (Å²) < 4.78 is 95.6. The summed E-state index contributed by atoms with van der Waals surface area (Å²) in [5.41, 5.74) is -2.95. The molecule has 252 valence electrons. The van der Waals surface area contributed by atoms with Crippen LogP contribution in [0.5, 0.6) is 0 Å². The van der Waals surface area contributed by atoms with Crippen LogP contribution in [0.25, 0.3) is 75.4 Å². The maximum atomic E-state index is 16.1. The molecule has 0 fully saturated rings. The van der Waals surface area contributed by atoms with Gasteiger partial charge in [0.05, 0.1) is 22.5 Å². The molecule has 1 aliphatic rings. The molecule has 6 aromatic carbocycles. The lowest BCUT2D eigenvalue weighted by atomic mass is 9.96. The number of nitrogens with zero attached hydrogens (tertiary/aromatic N) is 2. The molecule has 1 aliphatic carbocycles. The summed E-state index contributed by atoms with van der Waals surface area (Å²) in [6, 6.07) is 33.8. The quantitative estimate of drug-likeness (QED) is 0.134. The molecule has 0 radical (unpaired) electrons. The van der Waals surface area contributed by atoms with Crippen LogP contribution in [-0.2, 0) is 0 Å². The van der Waals surface area contributed by atoms with Gasteiger partial charge in [-0.15, -0.1) is 22.7 Å². The summed E-state index contributed by atoms with van der Waals surface area (Å²) >= 11 is 2.01. The molecule has 2 aromatic heterocycles. The van der Waals surface area contributed by atoms with Gasteiger partial charge < -0.3 is 0 Å². The second-order valence-electron chi connectivity index (χ2n) is 12.7. The minimum atomic E-state index is -5.74. The van der Waals surface area contributed by atoms with Gasteiger partial charge in [-0.25, -0.2) is 9.97 Å². The number of allylic oxidation sites excluding steroid dienone is 2. The van der Waals surface area contributed by atoms with Crippen LogP contribution in [-0.4, -0.2) is 27.7 Å². The van der Waals surface area contributed by atoms with Gasteiger partial charge in [0.2, 0.25) is 0 Å². The first-order chi connectivity index (χ1) is 24.4. The van der Waals surface area contributed by atoms with Gasteiger partial charge >= 0.3 is 17.8 Å². The molecule has 10 heteroatoms. The van der Waals surface area contributed by atoms with Crippen molar-refractivity contribution in [2.45, 2.75) is 31.6 Å². The third-order valence-corrected chi connectivity index (χ3v) is 11.7. The van der Waals surface area contributed by atoms with E-state index < -0.39 is 40.3 Å². The monoisotopic (exact) mass is 722 g/mol. The van der Waals surface area contributed by atoms with E-state index in [0.29, 0.717) is 11.1 Å². The Morgan fingerprint density at radius 3 is 1.06 bits per heavy atom. The number of hydrogen-bond donors (Lipinski definition) is 0. The molecule has 2 nitrogen and oxygen atoms in total. The van der Waals surface area contributed by atoms with Crippen molar-refractivity contribution >= 4 is 76.9 Å². The Morgan fingerprint density at radius 2 is 0.745 bits per heavy atom. The first kappa shape index (κ1) is 31.9. The Hall–Kier alpha value is -5.06. The van der Waals surface area contributed by atoms with E-state index in [-0.39, 0.29) is 19.8 Å². The van der Waals surface area contributed by atoms with Crippen molar-refractivity contribution in [1.29, 1.82) is 0 Å². The first-order valence-corrected chi connectivity index (χ1v) is 17.7. The molecule has 2 heterocycles. The number of halogens is 6. The average molecular weight is 723 g/mol. The smallest absolute Gasteiger partial charge is 0.236 e. The van der Waals surface area contributed by atoms with E-state index in [1.165, 1.54) is 13.8 Å². The van der Waals surface area contributed by atoms with Crippen molar-refractivity contribution in [2.24, 2.45) is 0 Å². The zero-order valence-electron chi connectivity index (χ0n) is 26.9. The third-order valence-electron chi connectivity index (χ3n) is 9.70. The van der Waals surface area contributed by atoms with Crippen molar-refractivity contribution in [2.75, 3.05) is 0 Å². The number of alkyl halides is 6. The second-order valence-corrected chi connectivity index (χ2v) is 15.1. The Morgan fingerprint density at radius 1 is 0.451 bits per heavy atom. The van der Waals surface area contributed by atoms with E-state index in [4.69, 9.17) is 0 Å². The molecular weight excluding hydrogens is 699 g/mol. The predicted octanol–water partition coefficient (Wildman–Crippen LogP) is 13.0. The maximum Gasteiger partial charge on any atom is 0.380 e. The Kier molecular flexibility index (Phi) is 6.86. The molecule has 0 atom stereocenters. The predicted molar refractivity (Wildman–Crippen MR) is 196 cm³/mol. The van der Waals surface area contributed by atoms with Crippen LogP contribution in [0, 0.1) is 13.8 Å². The van der Waals surface area contributed by atoms with Gasteiger partial charge in [-0.2, -0.15) is 26.3 Å². The zero-order chi connectivity index (χ0) is 35.4. The summed E-state index contributed by atoms with van der Waals surface area (Å²) in [4.78, 5) is 9.28. The van der Waals surface area contributed by atoms with Crippen LogP contribution < -0.4 is 0 Å². The van der Waals surface area contributed by atoms with Crippen molar-refractivity contribution in [3.63, 3.8) is 0 Å². The SMILES string of the molecule is Cc1sc(-c2c3ccccc3cc3ccccc23)nc1C1=C(c2nc(-c3c4ccccc4cc4ccccc34)sc2C)C(F)(F)C(F)(F)C1(F)F. The standard InChI is InChI=1S/C41H24F6N2S2/c1-21-35(48-37(50-21)31-27-15-7-3-11-23(27)19-24-12-4-8-16-28(24)31)33-34(40(44,45)41(46,47)39(33,42)43)36-22(2)51-38(49-36)32-29-17-9-5-13-25(29)20-26-14-6-10-18-30(26)32/h3-20H,1-2H3. The third kappa shape index (κ3) is 4.42. The summed E-state index contributed by atoms with van der Waals surface area (Å²) in [6.07, 6.45) is 0. The molecule has 0 unspecified atom stereocenters. The lowest BCUT2D eigenvalue weighted by Gasteiger charge is -2.25. The Balaban J connectivity index is 1.32. The van der Waals surface area contributed by atoms with Gasteiger partial charge in [0.15, 0.2) is 0 Å². The fourth-order valence-electron chi connectivity index (χ4n) is 7.32. The molecule has 9 rings (SSSR count). The molecular formula is C41H24F6N2S2. The molecule has 0 aliphatic heterocycles. The largest absolute Gasteiger partial charge is 0.380 e. The minimum absolute atomic E-state index is 0.107. The van der Waals surface area contributed by atoms with E-state index in [1.54, 1.807) is 0 Å². The van der Waals surface area contributed by atoms with Gasteiger partial charge in [-0.05, 0) is 69.1 Å². The van der Waals surface area contributed by atoms with Gasteiger partial charge in [0.25, 0.3) is 0 Å². The van der Waals surface area contributed by atoms with Crippen LogP contribution in [0.3, 0.4) is 0 Å². The fourth-order valence-corrected chi connectivity index (χ4v) is 9.30. The molecule has 0 amide bonds. The van der Waals surface area contributed by atoms with E-state index in [9.17, 15) is 0 Å². The zero-order valence-corrected chi connectivity index (χ0v) is 28.5. The normalized spacial score (nSPS) is 16.6. The highest BCUT2D eigenvalue weighted by atomic mass is 32.1. The molecule has 0 N–H and O–H groups in total. The van der Waals surface area contributed by atoms with Crippen molar-refractivity contribution in [1.82, 2.24) is 9.97 Å². The maximum absolute atomic E-state index is 16.1. The van der Waals surface area contributed by atoms with E-state index in [1.807, 2.05) is 109 Å². The number of thiazole rings is 2. The van der Waals surface area contributed by atoms with Crippen molar-refractivity contribution in [3.8, 4) is 21.1 Å². The molecule has 0 bridgehead atoms. The number of benzene rings is 6. The fraction of sp³-hybridized carbons (Fsp3) is 0.122. The van der Waals surface area contributed by atoms with Gasteiger partial charge in [-0.1, -0.05) is 97.1 Å². The highest BCUT2D eigenvalue weighted by Crippen LogP contribution is 2.65. The number of aryl methyl sites for hydroxylation is 2. The topological polar surface area (TPSA) is 25.8 Å². The second kappa shape index (κ2) is 11.0. The molecule has 0 saturated carbocycles. The van der Waals surface area contributed by atoms with Crippen LogP contribution in [0.1, 0.15) is 21.1 Å². The van der Waals surface area contributed by atoms with E-state index >= 15 is 26.3 Å². The Bertz CT molecular complexity index is 2480.